The molecule has 0 unspecified atom stereocenters. The van der Waals surface area contributed by atoms with Crippen molar-refractivity contribution in [1.29, 1.82) is 5.26 Å². The lowest BCUT2D eigenvalue weighted by Crippen LogP contribution is -2.36. The molecular weight excluding hydrogens is 312 g/mol. The molecule has 0 spiro atoms. The lowest BCUT2D eigenvalue weighted by molar-refractivity contribution is 0.143. The van der Waals surface area contributed by atoms with E-state index >= 15 is 0 Å². The Labute approximate surface area is 139 Å². The number of pyridine rings is 1. The van der Waals surface area contributed by atoms with Gasteiger partial charge in [0.1, 0.15) is 16.4 Å². The fraction of sp³-hybridized carbons (Fsp3) is 0.222. The van der Waals surface area contributed by atoms with Crippen LogP contribution in [0.2, 0.25) is 5.02 Å². The Kier molecular flexibility index (Phi) is 3.54. The number of nitrogens with zero attached hydrogens (tertiary/aromatic N) is 2. The van der Waals surface area contributed by atoms with Crippen molar-refractivity contribution in [3.05, 3.63) is 68.6 Å². The van der Waals surface area contributed by atoms with Crippen LogP contribution < -0.4 is 10.3 Å². The maximum absolute atomic E-state index is 12.5. The SMILES string of the molecule is CC1=C(n2cccc(Cl)c2=O)c2cc(C#N)ccc2OC1(C)C. The Morgan fingerprint density at radius 1 is 1.30 bits per heavy atom. The third-order valence-electron chi connectivity index (χ3n) is 4.13. The highest BCUT2D eigenvalue weighted by molar-refractivity contribution is 6.30. The first-order valence-electron chi connectivity index (χ1n) is 7.17. The van der Waals surface area contributed by atoms with Crippen LogP contribution in [0.5, 0.6) is 5.75 Å². The molecule has 116 valence electrons. The van der Waals surface area contributed by atoms with Gasteiger partial charge in [0.2, 0.25) is 0 Å². The molecule has 1 aliphatic rings. The van der Waals surface area contributed by atoms with Crippen molar-refractivity contribution in [2.75, 3.05) is 0 Å². The average molecular weight is 327 g/mol. The molecule has 4 nitrogen and oxygen atoms in total. The van der Waals surface area contributed by atoms with Gasteiger partial charge in [-0.3, -0.25) is 9.36 Å². The summed E-state index contributed by atoms with van der Waals surface area (Å²) >= 11 is 6.00. The summed E-state index contributed by atoms with van der Waals surface area (Å²) in [5.74, 6) is 0.640. The van der Waals surface area contributed by atoms with Crippen LogP contribution in [0.1, 0.15) is 31.9 Å². The third kappa shape index (κ3) is 2.43. The van der Waals surface area contributed by atoms with Crippen molar-refractivity contribution >= 4 is 17.3 Å². The molecule has 1 aromatic carbocycles. The van der Waals surface area contributed by atoms with Crippen molar-refractivity contribution < 1.29 is 4.74 Å². The first kappa shape index (κ1) is 15.4. The van der Waals surface area contributed by atoms with Gasteiger partial charge in [0.15, 0.2) is 0 Å². The van der Waals surface area contributed by atoms with E-state index in [9.17, 15) is 4.79 Å². The van der Waals surface area contributed by atoms with Gasteiger partial charge in [-0.25, -0.2) is 0 Å². The van der Waals surface area contributed by atoms with Crippen LogP contribution in [0.25, 0.3) is 5.70 Å². The fourth-order valence-corrected chi connectivity index (χ4v) is 2.83. The number of fused-ring (bicyclic) bond motifs is 1. The Morgan fingerprint density at radius 2 is 2.04 bits per heavy atom. The van der Waals surface area contributed by atoms with Gasteiger partial charge < -0.3 is 4.74 Å². The van der Waals surface area contributed by atoms with Crippen LogP contribution in [-0.2, 0) is 0 Å². The first-order valence-corrected chi connectivity index (χ1v) is 7.55. The average Bonchev–Trinajstić information content (AvgIpc) is 2.51. The minimum Gasteiger partial charge on any atom is -0.483 e. The number of aromatic nitrogens is 1. The quantitative estimate of drug-likeness (QED) is 0.800. The summed E-state index contributed by atoms with van der Waals surface area (Å²) in [6.07, 6.45) is 1.68. The van der Waals surface area contributed by atoms with Crippen LogP contribution in [0, 0.1) is 11.3 Å². The maximum Gasteiger partial charge on any atom is 0.273 e. The van der Waals surface area contributed by atoms with Gasteiger partial charge in [-0.2, -0.15) is 5.26 Å². The molecule has 1 aliphatic heterocycles. The van der Waals surface area contributed by atoms with E-state index in [1.165, 1.54) is 4.57 Å². The predicted octanol–water partition coefficient (Wildman–Crippen LogP) is 3.82. The molecule has 0 radical (unpaired) electrons. The Bertz CT molecular complexity index is 933. The second-order valence-corrected chi connectivity index (χ2v) is 6.35. The van der Waals surface area contributed by atoms with E-state index < -0.39 is 5.60 Å². The fourth-order valence-electron chi connectivity index (χ4n) is 2.67. The number of nitriles is 1. The number of rotatable bonds is 1. The first-order chi connectivity index (χ1) is 10.8. The van der Waals surface area contributed by atoms with E-state index in [4.69, 9.17) is 21.6 Å². The summed E-state index contributed by atoms with van der Waals surface area (Å²) in [5, 5.41) is 9.31. The van der Waals surface area contributed by atoms with E-state index in [0.717, 1.165) is 5.57 Å². The van der Waals surface area contributed by atoms with Crippen LogP contribution in [0.4, 0.5) is 0 Å². The molecule has 1 aromatic heterocycles. The van der Waals surface area contributed by atoms with E-state index in [-0.39, 0.29) is 10.6 Å². The molecule has 0 aliphatic carbocycles. The van der Waals surface area contributed by atoms with Gasteiger partial charge in [-0.05, 0) is 56.7 Å². The molecule has 0 N–H and O–H groups in total. The molecule has 0 bridgehead atoms. The number of benzene rings is 1. The lowest BCUT2D eigenvalue weighted by atomic mass is 9.90. The highest BCUT2D eigenvalue weighted by Crippen LogP contribution is 2.41. The van der Waals surface area contributed by atoms with Gasteiger partial charge in [0.25, 0.3) is 5.56 Å². The zero-order valence-electron chi connectivity index (χ0n) is 13.1. The summed E-state index contributed by atoms with van der Waals surface area (Å²) in [6, 6.07) is 10.6. The number of hydrogen-bond donors (Lipinski definition) is 0. The van der Waals surface area contributed by atoms with E-state index in [0.29, 0.717) is 22.6 Å². The summed E-state index contributed by atoms with van der Waals surface area (Å²) in [5.41, 5.74) is 1.95. The number of ether oxygens (including phenoxy) is 1. The molecule has 23 heavy (non-hydrogen) atoms. The molecule has 0 atom stereocenters. The zero-order chi connectivity index (χ0) is 16.8. The third-order valence-corrected chi connectivity index (χ3v) is 4.42. The summed E-state index contributed by atoms with van der Waals surface area (Å²) in [4.78, 5) is 12.5. The molecule has 2 aromatic rings. The topological polar surface area (TPSA) is 55.0 Å². The molecule has 0 amide bonds. The number of hydrogen-bond acceptors (Lipinski definition) is 3. The van der Waals surface area contributed by atoms with Crippen LogP contribution in [0.3, 0.4) is 0 Å². The minimum absolute atomic E-state index is 0.148. The van der Waals surface area contributed by atoms with E-state index in [1.807, 2.05) is 20.8 Å². The minimum atomic E-state index is -0.571. The highest BCUT2D eigenvalue weighted by Gasteiger charge is 2.33. The van der Waals surface area contributed by atoms with Crippen molar-refractivity contribution in [1.82, 2.24) is 4.57 Å². The van der Waals surface area contributed by atoms with Gasteiger partial charge in [0.05, 0.1) is 17.3 Å². The van der Waals surface area contributed by atoms with Crippen LogP contribution >= 0.6 is 11.6 Å². The lowest BCUT2D eigenvalue weighted by Gasteiger charge is -2.36. The molecule has 0 fully saturated rings. The summed E-state index contributed by atoms with van der Waals surface area (Å²) < 4.78 is 7.55. The molecule has 5 heteroatoms. The molecule has 0 saturated heterocycles. The second-order valence-electron chi connectivity index (χ2n) is 5.94. The molecular formula is C18H15ClN2O2. The van der Waals surface area contributed by atoms with Crippen LogP contribution in [-0.4, -0.2) is 10.2 Å². The zero-order valence-corrected chi connectivity index (χ0v) is 13.8. The Balaban J connectivity index is 2.39. The van der Waals surface area contributed by atoms with Crippen LogP contribution in [0.15, 0.2) is 46.9 Å². The molecule has 3 rings (SSSR count). The number of halogens is 1. The highest BCUT2D eigenvalue weighted by atomic mass is 35.5. The van der Waals surface area contributed by atoms with Crippen molar-refractivity contribution in [2.24, 2.45) is 0 Å². The normalized spacial score (nSPS) is 15.6. The molecule has 2 heterocycles. The summed E-state index contributed by atoms with van der Waals surface area (Å²) in [7, 11) is 0. The second kappa shape index (κ2) is 5.29. The maximum atomic E-state index is 12.5. The van der Waals surface area contributed by atoms with Crippen molar-refractivity contribution in [3.63, 3.8) is 0 Å². The standard InChI is InChI=1S/C18H15ClN2O2/c1-11-16(21-8-4-5-14(19)17(21)22)13-9-12(10-20)6-7-15(13)23-18(11,2)3/h4-9H,1-3H3. The predicted molar refractivity (Wildman–Crippen MR) is 89.6 cm³/mol. The van der Waals surface area contributed by atoms with Gasteiger partial charge in [-0.1, -0.05) is 11.6 Å². The van der Waals surface area contributed by atoms with Crippen molar-refractivity contribution in [3.8, 4) is 11.8 Å². The van der Waals surface area contributed by atoms with Gasteiger partial charge in [0, 0.05) is 11.8 Å². The Hall–Kier alpha value is -2.51. The molecule has 0 saturated carbocycles. The largest absolute Gasteiger partial charge is 0.483 e. The Morgan fingerprint density at radius 3 is 2.74 bits per heavy atom. The van der Waals surface area contributed by atoms with Gasteiger partial charge >= 0.3 is 0 Å². The van der Waals surface area contributed by atoms with E-state index in [2.05, 4.69) is 6.07 Å². The van der Waals surface area contributed by atoms with E-state index in [1.54, 1.807) is 36.5 Å². The monoisotopic (exact) mass is 326 g/mol. The smallest absolute Gasteiger partial charge is 0.273 e. The van der Waals surface area contributed by atoms with Crippen molar-refractivity contribution in [2.45, 2.75) is 26.4 Å². The van der Waals surface area contributed by atoms with Gasteiger partial charge in [-0.15, -0.1) is 0 Å². The summed E-state index contributed by atoms with van der Waals surface area (Å²) in [6.45, 7) is 5.81.